The summed E-state index contributed by atoms with van der Waals surface area (Å²) in [6.07, 6.45) is -3.06. The molecular formula is C25H25ClF3N3O2. The van der Waals surface area contributed by atoms with Crippen molar-refractivity contribution >= 4 is 17.5 Å². The summed E-state index contributed by atoms with van der Waals surface area (Å²) in [5.74, 6) is -0.579. The number of ether oxygens (including phenoxy) is 1. The lowest BCUT2D eigenvalue weighted by Gasteiger charge is -2.30. The van der Waals surface area contributed by atoms with Crippen LogP contribution < -0.4 is 10.1 Å². The van der Waals surface area contributed by atoms with Gasteiger partial charge in [-0.25, -0.2) is 4.98 Å². The van der Waals surface area contributed by atoms with E-state index in [0.29, 0.717) is 11.4 Å². The molecule has 1 aromatic heterocycles. The quantitative estimate of drug-likeness (QED) is 0.430. The van der Waals surface area contributed by atoms with Crippen LogP contribution in [0.3, 0.4) is 0 Å². The number of alkyl halides is 3. The molecule has 2 atom stereocenters. The van der Waals surface area contributed by atoms with E-state index in [1.165, 1.54) is 13.8 Å². The van der Waals surface area contributed by atoms with Crippen LogP contribution in [0.4, 0.5) is 13.2 Å². The Kier molecular flexibility index (Phi) is 7.82. The zero-order valence-electron chi connectivity index (χ0n) is 18.9. The molecule has 180 valence electrons. The molecule has 0 saturated heterocycles. The highest BCUT2D eigenvalue weighted by molar-refractivity contribution is 6.30. The fourth-order valence-corrected chi connectivity index (χ4v) is 3.59. The second-order valence-corrected chi connectivity index (χ2v) is 8.88. The normalized spacial score (nSPS) is 13.7. The molecule has 0 radical (unpaired) electrons. The van der Waals surface area contributed by atoms with Gasteiger partial charge in [0.15, 0.2) is 11.3 Å². The molecule has 1 heterocycles. The summed E-state index contributed by atoms with van der Waals surface area (Å²) in [5, 5.41) is 3.58. The van der Waals surface area contributed by atoms with Gasteiger partial charge in [0, 0.05) is 23.2 Å². The summed E-state index contributed by atoms with van der Waals surface area (Å²) < 4.78 is 44.3. The van der Waals surface area contributed by atoms with E-state index in [-0.39, 0.29) is 12.0 Å². The van der Waals surface area contributed by atoms with Crippen LogP contribution in [0, 0.1) is 0 Å². The fraction of sp³-hybridized carbons (Fsp3) is 0.320. The second-order valence-electron chi connectivity index (χ2n) is 8.44. The molecular weight excluding hydrogens is 467 g/mol. The first kappa shape index (κ1) is 25.5. The van der Waals surface area contributed by atoms with Gasteiger partial charge < -0.3 is 10.1 Å². The summed E-state index contributed by atoms with van der Waals surface area (Å²) in [6, 6.07) is 17.1. The third kappa shape index (κ3) is 6.70. The van der Waals surface area contributed by atoms with Crippen molar-refractivity contribution in [2.24, 2.45) is 0 Å². The van der Waals surface area contributed by atoms with E-state index in [9.17, 15) is 18.0 Å². The maximum Gasteiger partial charge on any atom is 0.433 e. The summed E-state index contributed by atoms with van der Waals surface area (Å²) in [5.41, 5.74) is -0.577. The van der Waals surface area contributed by atoms with Crippen molar-refractivity contribution in [3.63, 3.8) is 0 Å². The molecule has 0 aliphatic carbocycles. The third-order valence-corrected chi connectivity index (χ3v) is 5.63. The van der Waals surface area contributed by atoms with Gasteiger partial charge >= 0.3 is 12.2 Å². The smallest absolute Gasteiger partial charge is 0.433 e. The predicted molar refractivity (Wildman–Crippen MR) is 124 cm³/mol. The molecule has 3 rings (SSSR count). The number of nitrogens with one attached hydrogen (secondary N) is 1. The highest BCUT2D eigenvalue weighted by atomic mass is 35.5. The molecule has 9 heteroatoms. The van der Waals surface area contributed by atoms with Crippen molar-refractivity contribution in [3.8, 4) is 6.01 Å². The molecule has 0 aliphatic heterocycles. The van der Waals surface area contributed by atoms with Crippen LogP contribution in [0.5, 0.6) is 6.01 Å². The fourth-order valence-electron chi connectivity index (χ4n) is 3.46. The first-order valence-corrected chi connectivity index (χ1v) is 11.0. The topological polar surface area (TPSA) is 64.1 Å². The van der Waals surface area contributed by atoms with Crippen molar-refractivity contribution in [1.29, 1.82) is 0 Å². The van der Waals surface area contributed by atoms with Gasteiger partial charge in [0.2, 0.25) is 0 Å². The molecule has 0 saturated carbocycles. The Morgan fingerprint density at radius 1 is 1.06 bits per heavy atom. The maximum absolute atomic E-state index is 13.1. The number of carbonyl (C=O) groups is 1. The van der Waals surface area contributed by atoms with Crippen LogP contribution in [0.1, 0.15) is 43.5 Å². The summed E-state index contributed by atoms with van der Waals surface area (Å²) in [4.78, 5) is 20.2. The Morgan fingerprint density at radius 3 is 2.32 bits per heavy atom. The van der Waals surface area contributed by atoms with Crippen LogP contribution in [-0.2, 0) is 17.4 Å². The number of carbonyl (C=O) groups excluding carboxylic acids is 1. The van der Waals surface area contributed by atoms with Crippen LogP contribution in [0.2, 0.25) is 5.02 Å². The number of rotatable bonds is 8. The van der Waals surface area contributed by atoms with E-state index >= 15 is 0 Å². The standard InChI is InChI=1S/C25H25ClF3N3O2/c1-16(20(18-7-5-4-6-8-18)15-17-9-11-19(26)12-10-17)31-22(33)24(2,3)34-23-30-14-13-21(32-23)25(27,28)29/h4-14,16,20H,15H2,1-3H3,(H,31,33). The lowest BCUT2D eigenvalue weighted by Crippen LogP contribution is -2.51. The van der Waals surface area contributed by atoms with E-state index in [1.54, 1.807) is 0 Å². The van der Waals surface area contributed by atoms with Gasteiger partial charge in [-0.05, 0) is 56.5 Å². The van der Waals surface area contributed by atoms with Gasteiger partial charge in [0.05, 0.1) is 0 Å². The van der Waals surface area contributed by atoms with Crippen molar-refractivity contribution in [3.05, 3.63) is 88.7 Å². The third-order valence-electron chi connectivity index (χ3n) is 5.38. The first-order valence-electron chi connectivity index (χ1n) is 10.7. The van der Waals surface area contributed by atoms with Crippen LogP contribution in [0.25, 0.3) is 0 Å². The summed E-state index contributed by atoms with van der Waals surface area (Å²) in [7, 11) is 0. The minimum absolute atomic E-state index is 0.0769. The number of nitrogens with zero attached hydrogens (tertiary/aromatic N) is 2. The molecule has 2 unspecified atom stereocenters. The number of aromatic nitrogens is 2. The summed E-state index contributed by atoms with van der Waals surface area (Å²) in [6.45, 7) is 4.78. The molecule has 0 fully saturated rings. The van der Waals surface area contributed by atoms with E-state index in [0.717, 1.165) is 23.4 Å². The van der Waals surface area contributed by atoms with Gasteiger partial charge in [0.1, 0.15) is 0 Å². The Morgan fingerprint density at radius 2 is 1.71 bits per heavy atom. The monoisotopic (exact) mass is 491 g/mol. The molecule has 5 nitrogen and oxygen atoms in total. The maximum atomic E-state index is 13.1. The second kappa shape index (κ2) is 10.4. The summed E-state index contributed by atoms with van der Waals surface area (Å²) >= 11 is 6.00. The van der Waals surface area contributed by atoms with Gasteiger partial charge in [0.25, 0.3) is 5.91 Å². The van der Waals surface area contributed by atoms with Gasteiger partial charge in [-0.2, -0.15) is 18.2 Å². The van der Waals surface area contributed by atoms with Crippen LogP contribution in [0.15, 0.2) is 66.9 Å². The molecule has 1 N–H and O–H groups in total. The molecule has 2 aromatic carbocycles. The van der Waals surface area contributed by atoms with E-state index < -0.39 is 29.4 Å². The van der Waals surface area contributed by atoms with Crippen molar-refractivity contribution < 1.29 is 22.7 Å². The van der Waals surface area contributed by atoms with Crippen LogP contribution in [-0.4, -0.2) is 27.5 Å². The Bertz CT molecular complexity index is 1110. The molecule has 3 aromatic rings. The first-order chi connectivity index (χ1) is 16.0. The van der Waals surface area contributed by atoms with Crippen molar-refractivity contribution in [1.82, 2.24) is 15.3 Å². The molecule has 0 spiro atoms. The largest absolute Gasteiger partial charge is 0.447 e. The minimum atomic E-state index is -4.65. The zero-order chi connectivity index (χ0) is 24.9. The minimum Gasteiger partial charge on any atom is -0.447 e. The molecule has 0 aliphatic rings. The van der Waals surface area contributed by atoms with Gasteiger partial charge in [-0.1, -0.05) is 54.1 Å². The lowest BCUT2D eigenvalue weighted by molar-refractivity contribution is -0.142. The highest BCUT2D eigenvalue weighted by Gasteiger charge is 2.36. The van der Waals surface area contributed by atoms with Crippen molar-refractivity contribution in [2.75, 3.05) is 0 Å². The average Bonchev–Trinajstić information content (AvgIpc) is 2.78. The lowest BCUT2D eigenvalue weighted by atomic mass is 9.86. The highest BCUT2D eigenvalue weighted by Crippen LogP contribution is 2.29. The Hall–Kier alpha value is -3.13. The van der Waals surface area contributed by atoms with E-state index in [4.69, 9.17) is 16.3 Å². The van der Waals surface area contributed by atoms with E-state index in [2.05, 4.69) is 15.3 Å². The number of benzene rings is 2. The Balaban J connectivity index is 1.76. The van der Waals surface area contributed by atoms with Crippen LogP contribution >= 0.6 is 11.6 Å². The number of amides is 1. The molecule has 34 heavy (non-hydrogen) atoms. The molecule has 1 amide bonds. The van der Waals surface area contributed by atoms with Crippen molar-refractivity contribution in [2.45, 2.75) is 50.9 Å². The number of hydrogen-bond donors (Lipinski definition) is 1. The van der Waals surface area contributed by atoms with E-state index in [1.807, 2.05) is 61.5 Å². The number of halogens is 4. The number of hydrogen-bond acceptors (Lipinski definition) is 4. The molecule has 0 bridgehead atoms. The predicted octanol–water partition coefficient (Wildman–Crippen LogP) is 5.84. The SMILES string of the molecule is CC(NC(=O)C(C)(C)Oc1nccc(C(F)(F)F)n1)C(Cc1ccc(Cl)cc1)c1ccccc1. The Labute approximate surface area is 201 Å². The average molecular weight is 492 g/mol. The van der Waals surface area contributed by atoms with Gasteiger partial charge in [-0.15, -0.1) is 0 Å². The van der Waals surface area contributed by atoms with Gasteiger partial charge in [-0.3, -0.25) is 4.79 Å². The zero-order valence-corrected chi connectivity index (χ0v) is 19.7.